The van der Waals surface area contributed by atoms with Crippen molar-refractivity contribution in [2.24, 2.45) is 0 Å². The predicted molar refractivity (Wildman–Crippen MR) is 94.3 cm³/mol. The lowest BCUT2D eigenvalue weighted by atomic mass is 10.2. The molecule has 4 nitrogen and oxygen atoms in total. The van der Waals surface area contributed by atoms with Gasteiger partial charge < -0.3 is 4.57 Å². The molecule has 0 aliphatic rings. The van der Waals surface area contributed by atoms with Crippen LogP contribution in [-0.4, -0.2) is 14.3 Å². The largest absolute Gasteiger partial charge is 0.348 e. The van der Waals surface area contributed by atoms with Crippen molar-refractivity contribution in [1.82, 2.24) is 14.3 Å². The first-order valence-electron chi connectivity index (χ1n) is 8.28. The van der Waals surface area contributed by atoms with E-state index in [0.29, 0.717) is 0 Å². The Kier molecular flexibility index (Phi) is 4.33. The summed E-state index contributed by atoms with van der Waals surface area (Å²) >= 11 is 0. The number of rotatable bonds is 5. The number of fused-ring (bicyclic) bond motifs is 1. The molecule has 0 N–H and O–H groups in total. The Labute approximate surface area is 136 Å². The van der Waals surface area contributed by atoms with Crippen LogP contribution in [0.1, 0.15) is 37.6 Å². The summed E-state index contributed by atoms with van der Waals surface area (Å²) in [5.74, 6) is 0. The van der Waals surface area contributed by atoms with E-state index < -0.39 is 0 Å². The minimum atomic E-state index is -0.0384. The number of aromatic nitrogens is 3. The Hall–Kier alpha value is -2.36. The molecule has 4 heteroatoms. The minimum Gasteiger partial charge on any atom is -0.348 e. The number of unbranched alkanes of at least 4 members (excludes halogenated alkanes) is 2. The fourth-order valence-electron chi connectivity index (χ4n) is 3.22. The first-order chi connectivity index (χ1) is 11.1. The van der Waals surface area contributed by atoms with Crippen molar-refractivity contribution in [3.63, 3.8) is 0 Å². The maximum Gasteiger partial charge on any atom is 0.281 e. The molecule has 0 atom stereocenters. The average Bonchev–Trinajstić information content (AvgIpc) is 2.81. The number of hydrogen-bond donors (Lipinski definition) is 0. The van der Waals surface area contributed by atoms with Gasteiger partial charge in [-0.3, -0.25) is 4.79 Å². The van der Waals surface area contributed by atoms with E-state index in [4.69, 9.17) is 0 Å². The van der Waals surface area contributed by atoms with Gasteiger partial charge in [-0.2, -0.15) is 9.78 Å². The molecule has 0 radical (unpaired) electrons. The molecule has 0 spiro atoms. The van der Waals surface area contributed by atoms with Crippen LogP contribution >= 0.6 is 0 Å². The quantitative estimate of drug-likeness (QED) is 0.668. The minimum absolute atomic E-state index is 0.0384. The summed E-state index contributed by atoms with van der Waals surface area (Å²) < 4.78 is 3.75. The van der Waals surface area contributed by atoms with E-state index >= 15 is 0 Å². The molecule has 1 aromatic carbocycles. The molecule has 0 bridgehead atoms. The summed E-state index contributed by atoms with van der Waals surface area (Å²) in [4.78, 5) is 12.9. The molecular weight excluding hydrogens is 286 g/mol. The van der Waals surface area contributed by atoms with Crippen LogP contribution in [0.2, 0.25) is 0 Å². The van der Waals surface area contributed by atoms with Crippen molar-refractivity contribution in [3.05, 3.63) is 58.3 Å². The normalized spacial score (nSPS) is 11.3. The van der Waals surface area contributed by atoms with Gasteiger partial charge in [0.2, 0.25) is 0 Å². The van der Waals surface area contributed by atoms with Gasteiger partial charge in [0.25, 0.3) is 5.56 Å². The molecule has 23 heavy (non-hydrogen) atoms. The number of nitrogens with zero attached hydrogens (tertiary/aromatic N) is 3. The molecule has 0 saturated heterocycles. The average molecular weight is 309 g/mol. The Bertz CT molecular complexity index is 875. The van der Waals surface area contributed by atoms with Gasteiger partial charge in [-0.05, 0) is 32.4 Å². The first-order valence-corrected chi connectivity index (χ1v) is 8.28. The van der Waals surface area contributed by atoms with Crippen LogP contribution in [0.15, 0.2) is 41.3 Å². The third-order valence-corrected chi connectivity index (χ3v) is 4.53. The molecular formula is C19H23N3O. The van der Waals surface area contributed by atoms with E-state index in [-0.39, 0.29) is 5.56 Å². The van der Waals surface area contributed by atoms with Crippen LogP contribution in [-0.2, 0) is 6.54 Å². The van der Waals surface area contributed by atoms with Crippen LogP contribution in [0.4, 0.5) is 0 Å². The smallest absolute Gasteiger partial charge is 0.281 e. The second-order valence-electron chi connectivity index (χ2n) is 6.02. The highest BCUT2D eigenvalue weighted by Crippen LogP contribution is 2.23. The highest BCUT2D eigenvalue weighted by Gasteiger charge is 2.16. The standard InChI is InChI=1S/C19H23N3O/c1-4-5-9-12-21-14(2)17-13-20-22(16-10-7-6-8-11-16)19(23)18(17)15(21)3/h6-8,10-11,13H,4-5,9,12H2,1-3H3. The van der Waals surface area contributed by atoms with Gasteiger partial charge in [0, 0.05) is 23.3 Å². The molecule has 2 aromatic heterocycles. The van der Waals surface area contributed by atoms with Crippen molar-refractivity contribution in [3.8, 4) is 5.69 Å². The monoisotopic (exact) mass is 309 g/mol. The van der Waals surface area contributed by atoms with Gasteiger partial charge in [-0.15, -0.1) is 0 Å². The second-order valence-corrected chi connectivity index (χ2v) is 6.02. The van der Waals surface area contributed by atoms with Crippen molar-refractivity contribution < 1.29 is 0 Å². The van der Waals surface area contributed by atoms with E-state index in [1.54, 1.807) is 0 Å². The van der Waals surface area contributed by atoms with E-state index in [1.807, 2.05) is 43.5 Å². The predicted octanol–water partition coefficient (Wildman–Crippen LogP) is 3.99. The maximum absolute atomic E-state index is 12.9. The zero-order valence-electron chi connectivity index (χ0n) is 14.0. The van der Waals surface area contributed by atoms with Gasteiger partial charge in [0.1, 0.15) is 0 Å². The molecule has 120 valence electrons. The number of aryl methyl sites for hydroxylation is 2. The molecule has 0 amide bonds. The zero-order chi connectivity index (χ0) is 16.4. The van der Waals surface area contributed by atoms with E-state index in [1.165, 1.54) is 17.5 Å². The van der Waals surface area contributed by atoms with Crippen LogP contribution in [0, 0.1) is 13.8 Å². The Balaban J connectivity index is 2.15. The van der Waals surface area contributed by atoms with Crippen LogP contribution in [0.3, 0.4) is 0 Å². The summed E-state index contributed by atoms with van der Waals surface area (Å²) in [5, 5.41) is 6.14. The lowest BCUT2D eigenvalue weighted by molar-refractivity contribution is 0.587. The van der Waals surface area contributed by atoms with Gasteiger partial charge in [-0.25, -0.2) is 0 Å². The Morgan fingerprint density at radius 3 is 2.48 bits per heavy atom. The van der Waals surface area contributed by atoms with Gasteiger partial charge in [0.05, 0.1) is 17.3 Å². The molecule has 0 fully saturated rings. The number of para-hydroxylation sites is 1. The molecule has 0 aliphatic carbocycles. The van der Waals surface area contributed by atoms with Crippen LogP contribution in [0.5, 0.6) is 0 Å². The zero-order valence-corrected chi connectivity index (χ0v) is 14.0. The summed E-state index contributed by atoms with van der Waals surface area (Å²) in [5.41, 5.74) is 2.95. The second kappa shape index (κ2) is 6.41. The molecule has 3 aromatic rings. The molecule has 0 aliphatic heterocycles. The van der Waals surface area contributed by atoms with Gasteiger partial charge in [0.15, 0.2) is 0 Å². The highest BCUT2D eigenvalue weighted by molar-refractivity contribution is 5.87. The van der Waals surface area contributed by atoms with E-state index in [9.17, 15) is 4.79 Å². The van der Waals surface area contributed by atoms with Crippen molar-refractivity contribution in [2.75, 3.05) is 0 Å². The molecule has 0 saturated carbocycles. The summed E-state index contributed by atoms with van der Waals surface area (Å²) in [6.45, 7) is 7.28. The fourth-order valence-corrected chi connectivity index (χ4v) is 3.22. The summed E-state index contributed by atoms with van der Waals surface area (Å²) in [6, 6.07) is 9.58. The first kappa shape index (κ1) is 15.5. The lowest BCUT2D eigenvalue weighted by Gasteiger charge is -2.08. The Morgan fingerprint density at radius 1 is 1.04 bits per heavy atom. The molecule has 2 heterocycles. The number of benzene rings is 1. The van der Waals surface area contributed by atoms with E-state index in [0.717, 1.165) is 40.8 Å². The van der Waals surface area contributed by atoms with Crippen molar-refractivity contribution in [2.45, 2.75) is 46.6 Å². The third kappa shape index (κ3) is 2.69. The van der Waals surface area contributed by atoms with Crippen molar-refractivity contribution >= 4 is 10.8 Å². The number of hydrogen-bond acceptors (Lipinski definition) is 2. The van der Waals surface area contributed by atoms with Crippen LogP contribution in [0.25, 0.3) is 16.5 Å². The van der Waals surface area contributed by atoms with Crippen molar-refractivity contribution in [1.29, 1.82) is 0 Å². The SMILES string of the molecule is CCCCCn1c(C)c2cnn(-c3ccccc3)c(=O)c2c1C. The summed E-state index contributed by atoms with van der Waals surface area (Å²) in [7, 11) is 0. The maximum atomic E-state index is 12.9. The van der Waals surface area contributed by atoms with Crippen LogP contribution < -0.4 is 5.56 Å². The third-order valence-electron chi connectivity index (χ3n) is 4.53. The topological polar surface area (TPSA) is 39.8 Å². The highest BCUT2D eigenvalue weighted by atomic mass is 16.1. The van der Waals surface area contributed by atoms with Gasteiger partial charge in [-0.1, -0.05) is 38.0 Å². The lowest BCUT2D eigenvalue weighted by Crippen LogP contribution is -2.21. The summed E-state index contributed by atoms with van der Waals surface area (Å²) in [6.07, 6.45) is 5.36. The van der Waals surface area contributed by atoms with Gasteiger partial charge >= 0.3 is 0 Å². The fraction of sp³-hybridized carbons (Fsp3) is 0.368. The molecule has 0 unspecified atom stereocenters. The Morgan fingerprint density at radius 2 is 1.78 bits per heavy atom. The molecule has 3 rings (SSSR count). The van der Waals surface area contributed by atoms with E-state index in [2.05, 4.69) is 23.5 Å².